The Morgan fingerprint density at radius 1 is 1.07 bits per heavy atom. The highest BCUT2D eigenvalue weighted by atomic mass is 79.9. The lowest BCUT2D eigenvalue weighted by molar-refractivity contribution is 0.0939. The summed E-state index contributed by atoms with van der Waals surface area (Å²) in [7, 11) is -2.25. The molecule has 0 aliphatic rings. The monoisotopic (exact) mass is 490 g/mol. The van der Waals surface area contributed by atoms with Crippen LogP contribution in [-0.2, 0) is 14.8 Å². The topological polar surface area (TPSA) is 84.5 Å². The molecule has 0 bridgehead atoms. The number of halogens is 1. The number of carbonyl (C=O) groups excluding carboxylic acids is 1. The molecule has 1 amide bonds. The molecule has 0 radical (unpaired) electrons. The molecule has 3 aromatic rings. The maximum absolute atomic E-state index is 12.9. The van der Waals surface area contributed by atoms with Gasteiger partial charge in [0.25, 0.3) is 5.91 Å². The van der Waals surface area contributed by atoms with Crippen LogP contribution in [0.4, 0.5) is 0 Å². The number of rotatable bonds is 8. The van der Waals surface area contributed by atoms with E-state index in [9.17, 15) is 13.2 Å². The van der Waals surface area contributed by atoms with E-state index in [1.807, 2.05) is 49.4 Å². The molecule has 0 fully saturated rings. The molecular formula is C22H23BrN2O4S. The molecule has 0 heterocycles. The van der Waals surface area contributed by atoms with E-state index < -0.39 is 10.0 Å². The van der Waals surface area contributed by atoms with Crippen LogP contribution in [0, 0.1) is 0 Å². The molecule has 3 aromatic carbocycles. The molecule has 0 aliphatic heterocycles. The van der Waals surface area contributed by atoms with Crippen LogP contribution < -0.4 is 10.0 Å². The fourth-order valence-corrected chi connectivity index (χ4v) is 4.51. The van der Waals surface area contributed by atoms with Gasteiger partial charge in [0.1, 0.15) is 0 Å². The summed E-state index contributed by atoms with van der Waals surface area (Å²) in [5.41, 5.74) is 1.21. The van der Waals surface area contributed by atoms with Gasteiger partial charge in [-0.25, -0.2) is 13.1 Å². The third kappa shape index (κ3) is 5.26. The molecule has 1 atom stereocenters. The highest BCUT2D eigenvalue weighted by molar-refractivity contribution is 9.10. The van der Waals surface area contributed by atoms with Crippen LogP contribution in [0.5, 0.6) is 0 Å². The first-order chi connectivity index (χ1) is 14.3. The van der Waals surface area contributed by atoms with Gasteiger partial charge in [0.2, 0.25) is 10.0 Å². The van der Waals surface area contributed by atoms with E-state index in [2.05, 4.69) is 26.0 Å². The Labute approximate surface area is 184 Å². The van der Waals surface area contributed by atoms with Crippen molar-refractivity contribution in [1.29, 1.82) is 0 Å². The summed E-state index contributed by atoms with van der Waals surface area (Å²) in [6, 6.07) is 18.1. The number of sulfonamides is 1. The standard InChI is InChI=1S/C22H23BrN2O4S/c1-15(17-8-7-16-5-3-4-6-18(16)13-17)25-22(26)20-14-19(9-10-21(20)23)30(27,28)24-11-12-29-2/h3-10,13-15,24H,11-12H2,1-2H3,(H,25,26)/t15-/m0/s1. The van der Waals surface area contributed by atoms with Crippen molar-refractivity contribution in [2.75, 3.05) is 20.3 Å². The summed E-state index contributed by atoms with van der Waals surface area (Å²) < 4.78 is 32.7. The van der Waals surface area contributed by atoms with E-state index in [4.69, 9.17) is 4.74 Å². The second-order valence-electron chi connectivity index (χ2n) is 6.83. The summed E-state index contributed by atoms with van der Waals surface area (Å²) in [6.07, 6.45) is 0. The number of benzene rings is 3. The van der Waals surface area contributed by atoms with Gasteiger partial charge in [-0.1, -0.05) is 36.4 Å². The molecule has 30 heavy (non-hydrogen) atoms. The van der Waals surface area contributed by atoms with E-state index in [-0.39, 0.29) is 35.6 Å². The summed E-state index contributed by atoms with van der Waals surface area (Å²) >= 11 is 3.34. The van der Waals surface area contributed by atoms with Crippen LogP contribution >= 0.6 is 15.9 Å². The van der Waals surface area contributed by atoms with Crippen LogP contribution in [0.15, 0.2) is 70.0 Å². The van der Waals surface area contributed by atoms with Gasteiger partial charge in [-0.2, -0.15) is 0 Å². The predicted octanol–water partition coefficient (Wildman–Crippen LogP) is 4.02. The first-order valence-corrected chi connectivity index (χ1v) is 11.7. The van der Waals surface area contributed by atoms with Gasteiger partial charge in [-0.05, 0) is 63.5 Å². The molecule has 0 saturated carbocycles. The zero-order valence-electron chi connectivity index (χ0n) is 16.7. The van der Waals surface area contributed by atoms with Crippen molar-refractivity contribution in [3.63, 3.8) is 0 Å². The molecular weight excluding hydrogens is 468 g/mol. The number of hydrogen-bond acceptors (Lipinski definition) is 4. The number of ether oxygens (including phenoxy) is 1. The first-order valence-electron chi connectivity index (χ1n) is 9.39. The zero-order valence-corrected chi connectivity index (χ0v) is 19.1. The Bertz CT molecular complexity index is 1160. The molecule has 0 spiro atoms. The molecule has 3 rings (SSSR count). The van der Waals surface area contributed by atoms with Gasteiger partial charge in [0, 0.05) is 18.1 Å². The normalized spacial score (nSPS) is 12.6. The van der Waals surface area contributed by atoms with Gasteiger partial charge in [0.05, 0.1) is 23.1 Å². The van der Waals surface area contributed by atoms with Crippen molar-refractivity contribution in [2.24, 2.45) is 0 Å². The molecule has 0 aliphatic carbocycles. The van der Waals surface area contributed by atoms with E-state index in [0.29, 0.717) is 4.47 Å². The first kappa shape index (κ1) is 22.4. The van der Waals surface area contributed by atoms with Crippen molar-refractivity contribution in [3.8, 4) is 0 Å². The third-order valence-corrected chi connectivity index (χ3v) is 6.86. The molecule has 158 valence electrons. The quantitative estimate of drug-likeness (QED) is 0.467. The molecule has 0 aromatic heterocycles. The van der Waals surface area contributed by atoms with Gasteiger partial charge in [-0.15, -0.1) is 0 Å². The second-order valence-corrected chi connectivity index (χ2v) is 9.46. The van der Waals surface area contributed by atoms with Crippen molar-refractivity contribution < 1.29 is 17.9 Å². The van der Waals surface area contributed by atoms with Crippen LogP contribution in [0.1, 0.15) is 28.9 Å². The minimum Gasteiger partial charge on any atom is -0.383 e. The van der Waals surface area contributed by atoms with Crippen molar-refractivity contribution in [3.05, 3.63) is 76.3 Å². The number of carbonyl (C=O) groups is 1. The fourth-order valence-electron chi connectivity index (χ4n) is 3.04. The van der Waals surface area contributed by atoms with E-state index in [1.165, 1.54) is 19.2 Å². The minimum absolute atomic E-state index is 0.0188. The molecule has 0 saturated heterocycles. The lowest BCUT2D eigenvalue weighted by atomic mass is 10.0. The third-order valence-electron chi connectivity index (χ3n) is 4.71. The number of hydrogen-bond donors (Lipinski definition) is 2. The summed E-state index contributed by atoms with van der Waals surface area (Å²) in [5, 5.41) is 5.16. The number of nitrogens with one attached hydrogen (secondary N) is 2. The van der Waals surface area contributed by atoms with Crippen molar-refractivity contribution in [2.45, 2.75) is 17.9 Å². The molecule has 2 N–H and O–H groups in total. The average molecular weight is 491 g/mol. The number of fused-ring (bicyclic) bond motifs is 1. The molecule has 8 heteroatoms. The van der Waals surface area contributed by atoms with Crippen molar-refractivity contribution in [1.82, 2.24) is 10.0 Å². The Morgan fingerprint density at radius 2 is 1.80 bits per heavy atom. The summed E-state index contributed by atoms with van der Waals surface area (Å²) in [5.74, 6) is -0.364. The molecule has 6 nitrogen and oxygen atoms in total. The van der Waals surface area contributed by atoms with Gasteiger partial charge in [0.15, 0.2) is 0 Å². The van der Waals surface area contributed by atoms with Gasteiger partial charge in [-0.3, -0.25) is 4.79 Å². The predicted molar refractivity (Wildman–Crippen MR) is 121 cm³/mol. The van der Waals surface area contributed by atoms with E-state index in [0.717, 1.165) is 16.3 Å². The largest absolute Gasteiger partial charge is 0.383 e. The molecule has 0 unspecified atom stereocenters. The summed E-state index contributed by atoms with van der Waals surface area (Å²) in [6.45, 7) is 2.30. The zero-order chi connectivity index (χ0) is 21.7. The smallest absolute Gasteiger partial charge is 0.252 e. The number of methoxy groups -OCH3 is 1. The van der Waals surface area contributed by atoms with Gasteiger partial charge >= 0.3 is 0 Å². The van der Waals surface area contributed by atoms with Crippen LogP contribution in [0.3, 0.4) is 0 Å². The van der Waals surface area contributed by atoms with Crippen LogP contribution in [0.2, 0.25) is 0 Å². The van der Waals surface area contributed by atoms with Crippen LogP contribution in [0.25, 0.3) is 10.8 Å². The summed E-state index contributed by atoms with van der Waals surface area (Å²) in [4.78, 5) is 12.9. The van der Waals surface area contributed by atoms with E-state index >= 15 is 0 Å². The van der Waals surface area contributed by atoms with Crippen LogP contribution in [-0.4, -0.2) is 34.6 Å². The Kier molecular flexibility index (Phi) is 7.25. The minimum atomic E-state index is -3.74. The maximum Gasteiger partial charge on any atom is 0.252 e. The second kappa shape index (κ2) is 9.70. The highest BCUT2D eigenvalue weighted by Gasteiger charge is 2.20. The Balaban J connectivity index is 1.80. The average Bonchev–Trinajstić information content (AvgIpc) is 2.73. The lowest BCUT2D eigenvalue weighted by Gasteiger charge is -2.16. The Morgan fingerprint density at radius 3 is 2.53 bits per heavy atom. The highest BCUT2D eigenvalue weighted by Crippen LogP contribution is 2.24. The fraction of sp³-hybridized carbons (Fsp3) is 0.227. The SMILES string of the molecule is COCCNS(=O)(=O)c1ccc(Br)c(C(=O)N[C@@H](C)c2ccc3ccccc3c2)c1. The van der Waals surface area contributed by atoms with E-state index in [1.54, 1.807) is 6.07 Å². The number of amides is 1. The lowest BCUT2D eigenvalue weighted by Crippen LogP contribution is -2.29. The maximum atomic E-state index is 12.9. The van der Waals surface area contributed by atoms with Crippen molar-refractivity contribution >= 4 is 42.6 Å². The Hall–Kier alpha value is -2.26. The van der Waals surface area contributed by atoms with Gasteiger partial charge < -0.3 is 10.1 Å².